The normalized spacial score (nSPS) is 34.2. The number of fused-ring (bicyclic) bond motifs is 2. The van der Waals surface area contributed by atoms with Gasteiger partial charge in [-0.2, -0.15) is 0 Å². The number of hydrogen-bond donors (Lipinski definition) is 1. The maximum atomic E-state index is 12.6. The lowest BCUT2D eigenvalue weighted by atomic mass is 9.59. The van der Waals surface area contributed by atoms with Crippen molar-refractivity contribution in [2.24, 2.45) is 23.2 Å². The third kappa shape index (κ3) is 3.71. The van der Waals surface area contributed by atoms with Gasteiger partial charge >= 0.3 is 5.97 Å². The Hall–Kier alpha value is -1.81. The molecule has 1 aliphatic heterocycles. The Morgan fingerprint density at radius 2 is 2.07 bits per heavy atom. The highest BCUT2D eigenvalue weighted by atomic mass is 16.6. The lowest BCUT2D eigenvalue weighted by molar-refractivity contribution is -0.145. The zero-order valence-corrected chi connectivity index (χ0v) is 17.4. The van der Waals surface area contributed by atoms with Crippen molar-refractivity contribution in [1.82, 2.24) is 5.32 Å². The van der Waals surface area contributed by atoms with Crippen LogP contribution in [-0.4, -0.2) is 32.3 Å². The van der Waals surface area contributed by atoms with Crippen molar-refractivity contribution in [3.8, 4) is 5.75 Å². The van der Waals surface area contributed by atoms with E-state index in [-0.39, 0.29) is 29.3 Å². The van der Waals surface area contributed by atoms with Gasteiger partial charge in [0.2, 0.25) is 0 Å². The van der Waals surface area contributed by atoms with E-state index < -0.39 is 0 Å². The van der Waals surface area contributed by atoms with E-state index in [9.17, 15) is 4.79 Å². The number of methoxy groups -OCH3 is 1. The summed E-state index contributed by atoms with van der Waals surface area (Å²) in [6.07, 6.45) is 8.24. The van der Waals surface area contributed by atoms with Gasteiger partial charge in [-0.3, -0.25) is 4.79 Å². The molecule has 4 heteroatoms. The third-order valence-corrected chi connectivity index (χ3v) is 7.20. The number of nitrogens with one attached hydrogen (secondary N) is 1. The van der Waals surface area contributed by atoms with Crippen LogP contribution in [0.15, 0.2) is 35.9 Å². The Morgan fingerprint density at radius 3 is 2.82 bits per heavy atom. The fraction of sp³-hybridized carbons (Fsp3) is 0.625. The molecular formula is C24H33NO3. The van der Waals surface area contributed by atoms with Gasteiger partial charge in [0.15, 0.2) is 0 Å². The molecular weight excluding hydrogens is 350 g/mol. The van der Waals surface area contributed by atoms with Crippen molar-refractivity contribution >= 4 is 5.97 Å². The number of hydrogen-bond acceptors (Lipinski definition) is 4. The molecule has 1 aromatic rings. The maximum absolute atomic E-state index is 12.6. The quantitative estimate of drug-likeness (QED) is 0.456. The fourth-order valence-corrected chi connectivity index (χ4v) is 5.56. The van der Waals surface area contributed by atoms with E-state index in [1.807, 2.05) is 12.1 Å². The number of allylic oxidation sites excluding steroid dienone is 1. The average Bonchev–Trinajstić information content (AvgIpc) is 2.98. The molecule has 0 aromatic heterocycles. The summed E-state index contributed by atoms with van der Waals surface area (Å²) in [5.74, 6) is 1.69. The number of benzene rings is 1. The van der Waals surface area contributed by atoms with Crippen molar-refractivity contribution in [3.05, 3.63) is 41.5 Å². The van der Waals surface area contributed by atoms with E-state index >= 15 is 0 Å². The topological polar surface area (TPSA) is 47.6 Å². The maximum Gasteiger partial charge on any atom is 0.311 e. The molecule has 1 saturated heterocycles. The van der Waals surface area contributed by atoms with Crippen LogP contribution < -0.4 is 10.1 Å². The Bertz CT molecular complexity index is 741. The Labute approximate surface area is 168 Å². The molecule has 3 aliphatic rings. The summed E-state index contributed by atoms with van der Waals surface area (Å²) in [6, 6.07) is 8.17. The summed E-state index contributed by atoms with van der Waals surface area (Å²) in [6.45, 7) is 6.28. The molecule has 0 spiro atoms. The summed E-state index contributed by atoms with van der Waals surface area (Å²) < 4.78 is 11.0. The van der Waals surface area contributed by atoms with Gasteiger partial charge in [-0.1, -0.05) is 44.1 Å². The van der Waals surface area contributed by atoms with Gasteiger partial charge in [-0.05, 0) is 61.3 Å². The number of esters is 1. The molecule has 152 valence electrons. The summed E-state index contributed by atoms with van der Waals surface area (Å²) in [4.78, 5) is 12.6. The first-order valence-electron chi connectivity index (χ1n) is 10.8. The second-order valence-electron chi connectivity index (χ2n) is 9.14. The molecule has 4 nitrogen and oxygen atoms in total. The van der Waals surface area contributed by atoms with Crippen LogP contribution in [0.1, 0.15) is 45.1 Å². The van der Waals surface area contributed by atoms with Gasteiger partial charge in [-0.15, -0.1) is 0 Å². The monoisotopic (exact) mass is 383 g/mol. The first kappa shape index (κ1) is 19.5. The van der Waals surface area contributed by atoms with Crippen molar-refractivity contribution in [3.63, 3.8) is 0 Å². The first-order chi connectivity index (χ1) is 13.5. The minimum Gasteiger partial charge on any atom is -0.497 e. The second-order valence-corrected chi connectivity index (χ2v) is 9.14. The van der Waals surface area contributed by atoms with Gasteiger partial charge in [0.25, 0.3) is 0 Å². The van der Waals surface area contributed by atoms with Crippen molar-refractivity contribution in [2.45, 2.75) is 52.1 Å². The molecule has 2 aliphatic carbocycles. The molecule has 1 aromatic carbocycles. The van der Waals surface area contributed by atoms with Gasteiger partial charge < -0.3 is 14.8 Å². The van der Waals surface area contributed by atoms with Crippen LogP contribution in [0.25, 0.3) is 0 Å². The van der Waals surface area contributed by atoms with E-state index in [2.05, 4.69) is 37.4 Å². The van der Waals surface area contributed by atoms with Crippen LogP contribution in [0, 0.1) is 23.2 Å². The molecule has 0 radical (unpaired) electrons. The predicted octanol–water partition coefficient (Wildman–Crippen LogP) is 4.14. The molecule has 1 heterocycles. The van der Waals surface area contributed by atoms with Crippen LogP contribution in [-0.2, 0) is 16.0 Å². The van der Waals surface area contributed by atoms with Gasteiger partial charge in [0, 0.05) is 12.5 Å². The lowest BCUT2D eigenvalue weighted by Crippen LogP contribution is -2.40. The standard InChI is InChI=1S/C24H33NO3/c1-16-5-4-11-24(2)14-22-19(13-21(16)24)20(23(26)28-22)15-25-12-10-17-6-8-18(27-3)9-7-17/h6-9,13,16,19-20,22,25H,4-5,10-12,14-15H2,1-3H3. The molecule has 4 rings (SSSR count). The Morgan fingerprint density at radius 1 is 1.29 bits per heavy atom. The Kier molecular flexibility index (Phi) is 5.50. The molecule has 1 N–H and O–H groups in total. The minimum atomic E-state index is -0.0490. The average molecular weight is 384 g/mol. The molecule has 0 amide bonds. The number of carbonyl (C=O) groups is 1. The summed E-state index contributed by atoms with van der Waals surface area (Å²) in [7, 11) is 1.68. The fourth-order valence-electron chi connectivity index (χ4n) is 5.56. The smallest absolute Gasteiger partial charge is 0.311 e. The highest BCUT2D eigenvalue weighted by molar-refractivity contribution is 5.76. The summed E-state index contributed by atoms with van der Waals surface area (Å²) >= 11 is 0. The Balaban J connectivity index is 1.36. The number of ether oxygens (including phenoxy) is 2. The molecule has 28 heavy (non-hydrogen) atoms. The van der Waals surface area contributed by atoms with Crippen LogP contribution in [0.5, 0.6) is 5.75 Å². The van der Waals surface area contributed by atoms with E-state index in [4.69, 9.17) is 9.47 Å². The van der Waals surface area contributed by atoms with Gasteiger partial charge in [-0.25, -0.2) is 0 Å². The molecule has 1 saturated carbocycles. The molecule has 0 bridgehead atoms. The van der Waals surface area contributed by atoms with Crippen LogP contribution in [0.3, 0.4) is 0 Å². The molecule has 5 atom stereocenters. The molecule has 2 fully saturated rings. The molecule has 5 unspecified atom stereocenters. The van der Waals surface area contributed by atoms with E-state index in [1.165, 1.54) is 24.8 Å². The first-order valence-corrected chi connectivity index (χ1v) is 10.8. The SMILES string of the molecule is COc1ccc(CCNCC2C(=O)OC3CC4(C)CCCC(C)C4=CC32)cc1. The zero-order chi connectivity index (χ0) is 19.7. The summed E-state index contributed by atoms with van der Waals surface area (Å²) in [5, 5.41) is 3.50. The van der Waals surface area contributed by atoms with E-state index in [0.29, 0.717) is 12.5 Å². The van der Waals surface area contributed by atoms with Crippen LogP contribution in [0.2, 0.25) is 0 Å². The van der Waals surface area contributed by atoms with E-state index in [0.717, 1.165) is 25.1 Å². The van der Waals surface area contributed by atoms with Crippen LogP contribution in [0.4, 0.5) is 0 Å². The highest BCUT2D eigenvalue weighted by Gasteiger charge is 2.51. The van der Waals surface area contributed by atoms with Crippen molar-refractivity contribution in [2.75, 3.05) is 20.2 Å². The predicted molar refractivity (Wildman–Crippen MR) is 110 cm³/mol. The lowest BCUT2D eigenvalue weighted by Gasteiger charge is -2.46. The van der Waals surface area contributed by atoms with Crippen molar-refractivity contribution < 1.29 is 14.3 Å². The van der Waals surface area contributed by atoms with Gasteiger partial charge in [0.05, 0.1) is 13.0 Å². The highest BCUT2D eigenvalue weighted by Crippen LogP contribution is 2.53. The minimum absolute atomic E-state index is 0.0151. The zero-order valence-electron chi connectivity index (χ0n) is 17.4. The van der Waals surface area contributed by atoms with Crippen LogP contribution >= 0.6 is 0 Å². The largest absolute Gasteiger partial charge is 0.497 e. The second kappa shape index (κ2) is 7.90. The number of rotatable bonds is 6. The third-order valence-electron chi connectivity index (χ3n) is 7.20. The number of carbonyl (C=O) groups excluding carboxylic acids is 1. The van der Waals surface area contributed by atoms with Gasteiger partial charge in [0.1, 0.15) is 11.9 Å². The summed E-state index contributed by atoms with van der Waals surface area (Å²) in [5.41, 5.74) is 3.09. The van der Waals surface area contributed by atoms with Crippen molar-refractivity contribution in [1.29, 1.82) is 0 Å². The van der Waals surface area contributed by atoms with E-state index in [1.54, 1.807) is 12.7 Å².